The lowest BCUT2D eigenvalue weighted by Crippen LogP contribution is -2.29. The summed E-state index contributed by atoms with van der Waals surface area (Å²) in [6, 6.07) is 13.7. The van der Waals surface area contributed by atoms with E-state index in [9.17, 15) is 9.59 Å². The second-order valence-electron chi connectivity index (χ2n) is 4.86. The van der Waals surface area contributed by atoms with Crippen molar-refractivity contribution in [2.45, 2.75) is 0 Å². The third kappa shape index (κ3) is 4.23. The number of anilines is 3. The molecule has 0 spiro atoms. The molecule has 2 aromatic carbocycles. The summed E-state index contributed by atoms with van der Waals surface area (Å²) in [7, 11) is 3.85. The number of amides is 2. The van der Waals surface area contributed by atoms with E-state index in [0.717, 1.165) is 5.69 Å². The Morgan fingerprint density at radius 3 is 1.64 bits per heavy atom. The summed E-state index contributed by atoms with van der Waals surface area (Å²) in [6.45, 7) is 0. The molecule has 2 rings (SSSR count). The van der Waals surface area contributed by atoms with Gasteiger partial charge in [0.15, 0.2) is 0 Å². The van der Waals surface area contributed by atoms with E-state index in [1.165, 1.54) is 0 Å². The molecule has 6 heteroatoms. The van der Waals surface area contributed by atoms with Gasteiger partial charge in [-0.05, 0) is 48.5 Å². The smallest absolute Gasteiger partial charge is 0.314 e. The number of nitrogens with zero attached hydrogens (tertiary/aromatic N) is 1. The molecule has 2 amide bonds. The van der Waals surface area contributed by atoms with Gasteiger partial charge in [-0.15, -0.1) is 0 Å². The van der Waals surface area contributed by atoms with E-state index < -0.39 is 11.8 Å². The van der Waals surface area contributed by atoms with E-state index in [4.69, 9.17) is 11.6 Å². The molecule has 0 atom stereocenters. The SMILES string of the molecule is CN(C)c1ccc(NC(=O)C(=O)Nc2ccc(Cl)cc2)cc1. The Balaban J connectivity index is 1.96. The lowest BCUT2D eigenvalue weighted by molar-refractivity contribution is -0.132. The highest BCUT2D eigenvalue weighted by atomic mass is 35.5. The Bertz CT molecular complexity index is 667. The van der Waals surface area contributed by atoms with Gasteiger partial charge in [-0.2, -0.15) is 0 Å². The first-order valence-corrected chi connectivity index (χ1v) is 6.99. The molecular weight excluding hydrogens is 302 g/mol. The number of halogens is 1. The van der Waals surface area contributed by atoms with E-state index in [2.05, 4.69) is 10.6 Å². The molecule has 2 aromatic rings. The first-order valence-electron chi connectivity index (χ1n) is 6.61. The van der Waals surface area contributed by atoms with Crippen LogP contribution in [0.3, 0.4) is 0 Å². The predicted molar refractivity (Wildman–Crippen MR) is 89.5 cm³/mol. The number of benzene rings is 2. The molecule has 0 aromatic heterocycles. The summed E-state index contributed by atoms with van der Waals surface area (Å²) in [5.41, 5.74) is 2.07. The Hall–Kier alpha value is -2.53. The van der Waals surface area contributed by atoms with Crippen LogP contribution < -0.4 is 15.5 Å². The quantitative estimate of drug-likeness (QED) is 0.856. The second-order valence-corrected chi connectivity index (χ2v) is 5.29. The highest BCUT2D eigenvalue weighted by Gasteiger charge is 2.14. The zero-order chi connectivity index (χ0) is 16.1. The number of nitrogens with one attached hydrogen (secondary N) is 2. The van der Waals surface area contributed by atoms with Crippen LogP contribution in [0.25, 0.3) is 0 Å². The zero-order valence-corrected chi connectivity index (χ0v) is 13.0. The third-order valence-electron chi connectivity index (χ3n) is 2.95. The average molecular weight is 318 g/mol. The highest BCUT2D eigenvalue weighted by Crippen LogP contribution is 2.16. The fourth-order valence-electron chi connectivity index (χ4n) is 1.75. The number of rotatable bonds is 3. The van der Waals surface area contributed by atoms with Gasteiger partial charge in [-0.1, -0.05) is 11.6 Å². The molecule has 0 radical (unpaired) electrons. The van der Waals surface area contributed by atoms with Gasteiger partial charge < -0.3 is 15.5 Å². The molecule has 0 aliphatic rings. The van der Waals surface area contributed by atoms with Gasteiger partial charge in [0.1, 0.15) is 0 Å². The predicted octanol–water partition coefficient (Wildman–Crippen LogP) is 2.98. The summed E-state index contributed by atoms with van der Waals surface area (Å²) in [6.07, 6.45) is 0. The van der Waals surface area contributed by atoms with Crippen LogP contribution in [0.1, 0.15) is 0 Å². The first kappa shape index (κ1) is 15.9. The third-order valence-corrected chi connectivity index (χ3v) is 3.20. The maximum atomic E-state index is 11.8. The van der Waals surface area contributed by atoms with Crippen molar-refractivity contribution in [3.63, 3.8) is 0 Å². The molecule has 0 unspecified atom stereocenters. The molecule has 0 aliphatic carbocycles. The van der Waals surface area contributed by atoms with E-state index in [1.807, 2.05) is 31.1 Å². The molecule has 0 aliphatic heterocycles. The molecule has 5 nitrogen and oxygen atoms in total. The molecule has 22 heavy (non-hydrogen) atoms. The highest BCUT2D eigenvalue weighted by molar-refractivity contribution is 6.43. The van der Waals surface area contributed by atoms with E-state index >= 15 is 0 Å². The Kier molecular flexibility index (Phi) is 5.01. The Morgan fingerprint density at radius 1 is 0.818 bits per heavy atom. The van der Waals surface area contributed by atoms with Crippen molar-refractivity contribution < 1.29 is 9.59 Å². The summed E-state index contributed by atoms with van der Waals surface area (Å²) < 4.78 is 0. The van der Waals surface area contributed by atoms with Crippen LogP contribution in [-0.4, -0.2) is 25.9 Å². The minimum Gasteiger partial charge on any atom is -0.378 e. The van der Waals surface area contributed by atoms with Crippen molar-refractivity contribution in [2.75, 3.05) is 29.6 Å². The van der Waals surface area contributed by atoms with Gasteiger partial charge in [-0.25, -0.2) is 0 Å². The molecule has 114 valence electrons. The molecule has 0 heterocycles. The van der Waals surface area contributed by atoms with Crippen LogP contribution in [0.2, 0.25) is 5.02 Å². The number of hydrogen-bond acceptors (Lipinski definition) is 3. The summed E-state index contributed by atoms with van der Waals surface area (Å²) in [5.74, 6) is -1.47. The topological polar surface area (TPSA) is 61.4 Å². The lowest BCUT2D eigenvalue weighted by atomic mass is 10.2. The maximum absolute atomic E-state index is 11.8. The van der Waals surface area contributed by atoms with Gasteiger partial charge >= 0.3 is 11.8 Å². The lowest BCUT2D eigenvalue weighted by Gasteiger charge is -2.13. The van der Waals surface area contributed by atoms with E-state index in [0.29, 0.717) is 16.4 Å². The Morgan fingerprint density at radius 2 is 1.23 bits per heavy atom. The minimum atomic E-state index is -0.737. The van der Waals surface area contributed by atoms with Gasteiger partial charge in [-0.3, -0.25) is 9.59 Å². The van der Waals surface area contributed by atoms with Crippen LogP contribution in [-0.2, 0) is 9.59 Å². The number of carbonyl (C=O) groups excluding carboxylic acids is 2. The molecular formula is C16H16ClN3O2. The fourth-order valence-corrected chi connectivity index (χ4v) is 1.88. The standard InChI is InChI=1S/C16H16ClN3O2/c1-20(2)14-9-7-13(8-10-14)19-16(22)15(21)18-12-5-3-11(17)4-6-12/h3-10H,1-2H3,(H,18,21)(H,19,22). The van der Waals surface area contributed by atoms with Crippen molar-refractivity contribution in [3.05, 3.63) is 53.6 Å². The van der Waals surface area contributed by atoms with Crippen molar-refractivity contribution in [3.8, 4) is 0 Å². The van der Waals surface area contributed by atoms with E-state index in [-0.39, 0.29) is 0 Å². The normalized spacial score (nSPS) is 9.95. The molecule has 0 saturated heterocycles. The van der Waals surface area contributed by atoms with Crippen LogP contribution in [0.5, 0.6) is 0 Å². The molecule has 0 fully saturated rings. The van der Waals surface area contributed by atoms with Crippen molar-refractivity contribution >= 4 is 40.5 Å². The summed E-state index contributed by atoms with van der Waals surface area (Å²) >= 11 is 5.76. The van der Waals surface area contributed by atoms with Gasteiger partial charge in [0.2, 0.25) is 0 Å². The van der Waals surface area contributed by atoms with Gasteiger partial charge in [0.05, 0.1) is 0 Å². The number of carbonyl (C=O) groups is 2. The van der Waals surface area contributed by atoms with Crippen LogP contribution in [0.15, 0.2) is 48.5 Å². The van der Waals surface area contributed by atoms with Crippen LogP contribution >= 0.6 is 11.6 Å². The fraction of sp³-hybridized carbons (Fsp3) is 0.125. The van der Waals surface area contributed by atoms with Crippen LogP contribution in [0.4, 0.5) is 17.1 Å². The van der Waals surface area contributed by atoms with Gasteiger partial charge in [0, 0.05) is 36.2 Å². The van der Waals surface area contributed by atoms with Crippen molar-refractivity contribution in [1.82, 2.24) is 0 Å². The largest absolute Gasteiger partial charge is 0.378 e. The zero-order valence-electron chi connectivity index (χ0n) is 12.3. The second kappa shape index (κ2) is 6.95. The molecule has 0 saturated carbocycles. The number of hydrogen-bond donors (Lipinski definition) is 2. The van der Waals surface area contributed by atoms with E-state index in [1.54, 1.807) is 36.4 Å². The summed E-state index contributed by atoms with van der Waals surface area (Å²) in [4.78, 5) is 25.6. The Labute approximate surface area is 133 Å². The molecule has 2 N–H and O–H groups in total. The first-order chi connectivity index (χ1) is 10.5. The average Bonchev–Trinajstić information content (AvgIpc) is 2.50. The maximum Gasteiger partial charge on any atom is 0.314 e. The van der Waals surface area contributed by atoms with Crippen molar-refractivity contribution in [2.24, 2.45) is 0 Å². The molecule has 0 bridgehead atoms. The monoisotopic (exact) mass is 317 g/mol. The van der Waals surface area contributed by atoms with Gasteiger partial charge in [0.25, 0.3) is 0 Å². The van der Waals surface area contributed by atoms with Crippen molar-refractivity contribution in [1.29, 1.82) is 0 Å². The summed E-state index contributed by atoms with van der Waals surface area (Å²) in [5, 5.41) is 5.60. The minimum absolute atomic E-state index is 0.507. The van der Waals surface area contributed by atoms with Crippen LogP contribution in [0, 0.1) is 0 Å².